The third kappa shape index (κ3) is 16.0. The highest BCUT2D eigenvalue weighted by Gasteiger charge is 2.31. The fraction of sp³-hybridized carbons (Fsp3) is 0.600. The van der Waals surface area contributed by atoms with Crippen LogP contribution in [-0.4, -0.2) is 79.1 Å². The van der Waals surface area contributed by atoms with Gasteiger partial charge in [0.1, 0.15) is 18.4 Å². The van der Waals surface area contributed by atoms with Crippen molar-refractivity contribution in [3.63, 3.8) is 0 Å². The van der Waals surface area contributed by atoms with Crippen LogP contribution in [0.4, 0.5) is 0 Å². The third-order valence-electron chi connectivity index (χ3n) is 4.82. The fourth-order valence-corrected chi connectivity index (χ4v) is 3.20. The summed E-state index contributed by atoms with van der Waals surface area (Å²) in [6, 6.07) is 6.53. The second-order valence-electron chi connectivity index (χ2n) is 9.47. The molecule has 4 N–H and O–H groups in total. The molecule has 0 bridgehead atoms. The van der Waals surface area contributed by atoms with Gasteiger partial charge in [-0.15, -0.1) is 0 Å². The number of amides is 2. The maximum Gasteiger partial charge on any atom is 0.308 e. The quantitative estimate of drug-likeness (QED) is 0.0547. The summed E-state index contributed by atoms with van der Waals surface area (Å²) in [4.78, 5) is 52.1. The molecule has 1 aromatic carbocycles. The van der Waals surface area contributed by atoms with Crippen LogP contribution in [0.1, 0.15) is 46.1 Å². The number of aliphatic hydroxyl groups excluding tert-OH is 1. The van der Waals surface area contributed by atoms with E-state index in [-0.39, 0.29) is 32.9 Å². The van der Waals surface area contributed by atoms with Crippen molar-refractivity contribution in [2.24, 2.45) is 5.11 Å². The minimum Gasteiger partial charge on any atom is -0.461 e. The topological polar surface area (TPSA) is 201 Å². The molecule has 14 heteroatoms. The summed E-state index contributed by atoms with van der Waals surface area (Å²) in [6.45, 7) is 6.70. The van der Waals surface area contributed by atoms with Crippen LogP contribution in [0, 0.1) is 0 Å². The Hall–Kier alpha value is -3.71. The fourth-order valence-electron chi connectivity index (χ4n) is 3.20. The van der Waals surface area contributed by atoms with E-state index < -0.39 is 60.5 Å². The van der Waals surface area contributed by atoms with Gasteiger partial charge in [-0.1, -0.05) is 35.4 Å². The molecule has 0 spiro atoms. The molecule has 1 unspecified atom stereocenters. The number of azide groups is 1. The molecule has 0 aromatic heterocycles. The standard InChI is InChI=1S/C25H38N6O8/c1-17(32)29-20(14-21(33)38-16-18-8-6-5-7-9-18)24(36)30-19(15-22(34)39-25(2,3)4)23(35)27-10-12-37-13-11-28-31-26/h5-9,19-20,24,30,36H,10-16H2,1-4H3,(H,27,35)(H,29,32)/t19-,20-,24?/m0/s1. The first-order valence-corrected chi connectivity index (χ1v) is 12.4. The lowest BCUT2D eigenvalue weighted by Gasteiger charge is -2.28. The number of rotatable bonds is 17. The van der Waals surface area contributed by atoms with Crippen molar-refractivity contribution in [3.8, 4) is 0 Å². The van der Waals surface area contributed by atoms with Gasteiger partial charge in [0.15, 0.2) is 0 Å². The zero-order valence-corrected chi connectivity index (χ0v) is 22.7. The summed E-state index contributed by atoms with van der Waals surface area (Å²) >= 11 is 0. The number of ether oxygens (including phenoxy) is 3. The molecule has 0 aliphatic heterocycles. The van der Waals surface area contributed by atoms with E-state index in [1.807, 2.05) is 6.07 Å². The van der Waals surface area contributed by atoms with E-state index >= 15 is 0 Å². The van der Waals surface area contributed by atoms with Crippen LogP contribution >= 0.6 is 0 Å². The predicted octanol–water partition coefficient (Wildman–Crippen LogP) is 1.08. The number of hydrogen-bond acceptors (Lipinski definition) is 10. The summed E-state index contributed by atoms with van der Waals surface area (Å²) < 4.78 is 15.8. The van der Waals surface area contributed by atoms with Crippen molar-refractivity contribution in [1.29, 1.82) is 0 Å². The van der Waals surface area contributed by atoms with Gasteiger partial charge in [-0.05, 0) is 31.9 Å². The molecule has 0 heterocycles. The average Bonchev–Trinajstić information content (AvgIpc) is 2.85. The number of nitrogens with one attached hydrogen (secondary N) is 3. The molecule has 0 fully saturated rings. The molecule has 0 aliphatic rings. The minimum atomic E-state index is -1.60. The van der Waals surface area contributed by atoms with Gasteiger partial charge in [0.05, 0.1) is 38.1 Å². The summed E-state index contributed by atoms with van der Waals surface area (Å²) in [7, 11) is 0. The van der Waals surface area contributed by atoms with Gasteiger partial charge in [-0.25, -0.2) is 0 Å². The van der Waals surface area contributed by atoms with Crippen LogP contribution in [0.5, 0.6) is 0 Å². The molecule has 1 rings (SSSR count). The van der Waals surface area contributed by atoms with Crippen molar-refractivity contribution >= 4 is 23.8 Å². The maximum absolute atomic E-state index is 12.8. The Labute approximate surface area is 227 Å². The monoisotopic (exact) mass is 550 g/mol. The van der Waals surface area contributed by atoms with Gasteiger partial charge < -0.3 is 30.0 Å². The molecule has 216 valence electrons. The lowest BCUT2D eigenvalue weighted by molar-refractivity contribution is -0.157. The van der Waals surface area contributed by atoms with E-state index in [1.165, 1.54) is 6.92 Å². The van der Waals surface area contributed by atoms with E-state index in [4.69, 9.17) is 19.7 Å². The van der Waals surface area contributed by atoms with E-state index in [0.717, 1.165) is 5.56 Å². The van der Waals surface area contributed by atoms with Crippen LogP contribution in [0.2, 0.25) is 0 Å². The van der Waals surface area contributed by atoms with Crippen LogP contribution in [-0.2, 0) is 40.0 Å². The summed E-state index contributed by atoms with van der Waals surface area (Å²) in [5, 5.41) is 21.8. The number of hydrogen-bond donors (Lipinski definition) is 4. The first kappa shape index (κ1) is 33.3. The number of esters is 2. The van der Waals surface area contributed by atoms with Crippen molar-refractivity contribution < 1.29 is 38.5 Å². The van der Waals surface area contributed by atoms with Crippen LogP contribution in [0.3, 0.4) is 0 Å². The van der Waals surface area contributed by atoms with E-state index in [9.17, 15) is 24.3 Å². The second kappa shape index (κ2) is 17.7. The summed E-state index contributed by atoms with van der Waals surface area (Å²) in [5.41, 5.74) is 8.21. The number of nitrogens with zero attached hydrogens (tertiary/aromatic N) is 3. The predicted molar refractivity (Wildman–Crippen MR) is 140 cm³/mol. The van der Waals surface area contributed by atoms with Gasteiger partial charge in [0, 0.05) is 24.9 Å². The van der Waals surface area contributed by atoms with Crippen molar-refractivity contribution in [2.75, 3.05) is 26.3 Å². The molecular weight excluding hydrogens is 512 g/mol. The molecule has 39 heavy (non-hydrogen) atoms. The van der Waals surface area contributed by atoms with Crippen LogP contribution in [0.25, 0.3) is 10.4 Å². The Morgan fingerprint density at radius 1 is 1.08 bits per heavy atom. The first-order chi connectivity index (χ1) is 18.4. The van der Waals surface area contributed by atoms with Crippen LogP contribution < -0.4 is 16.0 Å². The number of aliphatic hydroxyl groups is 1. The molecule has 1 aromatic rings. The van der Waals surface area contributed by atoms with Gasteiger partial charge >= 0.3 is 11.9 Å². The summed E-state index contributed by atoms with van der Waals surface area (Å²) in [6.07, 6.45) is -2.44. The molecule has 0 saturated heterocycles. The maximum atomic E-state index is 12.8. The zero-order chi connectivity index (χ0) is 29.3. The van der Waals surface area contributed by atoms with Crippen LogP contribution in [0.15, 0.2) is 35.4 Å². The van der Waals surface area contributed by atoms with Gasteiger partial charge in [0.25, 0.3) is 0 Å². The molecule has 3 atom stereocenters. The molecule has 2 amide bonds. The molecule has 0 radical (unpaired) electrons. The van der Waals surface area contributed by atoms with Gasteiger partial charge in [-0.2, -0.15) is 0 Å². The highest BCUT2D eigenvalue weighted by Crippen LogP contribution is 2.11. The number of benzene rings is 1. The second-order valence-corrected chi connectivity index (χ2v) is 9.47. The smallest absolute Gasteiger partial charge is 0.308 e. The molecular formula is C25H38N6O8. The van der Waals surface area contributed by atoms with Crippen molar-refractivity contribution in [2.45, 2.75) is 71.1 Å². The minimum absolute atomic E-state index is 0.00456. The highest BCUT2D eigenvalue weighted by molar-refractivity contribution is 5.86. The number of carbonyl (C=O) groups is 4. The Kier molecular flexibility index (Phi) is 15.2. The SMILES string of the molecule is CC(=O)N[C@@H](CC(=O)OCc1ccccc1)C(O)N[C@@H](CC(=O)OC(C)(C)C)C(=O)NCCOCCN=[N+]=[N-]. The molecule has 0 aliphatic carbocycles. The largest absolute Gasteiger partial charge is 0.461 e. The number of carbonyl (C=O) groups excluding carboxylic acids is 4. The first-order valence-electron chi connectivity index (χ1n) is 12.4. The van der Waals surface area contributed by atoms with Crippen molar-refractivity contribution in [3.05, 3.63) is 46.3 Å². The Balaban J connectivity index is 2.84. The third-order valence-corrected chi connectivity index (χ3v) is 4.82. The molecule has 14 nitrogen and oxygen atoms in total. The lowest BCUT2D eigenvalue weighted by Crippen LogP contribution is -2.57. The van der Waals surface area contributed by atoms with E-state index in [1.54, 1.807) is 45.0 Å². The van der Waals surface area contributed by atoms with Gasteiger partial charge in [0.2, 0.25) is 11.8 Å². The average molecular weight is 551 g/mol. The van der Waals surface area contributed by atoms with Crippen molar-refractivity contribution in [1.82, 2.24) is 16.0 Å². The summed E-state index contributed by atoms with van der Waals surface area (Å²) in [5.74, 6) is -2.56. The Bertz CT molecular complexity index is 979. The van der Waals surface area contributed by atoms with Gasteiger partial charge in [-0.3, -0.25) is 24.5 Å². The Morgan fingerprint density at radius 3 is 2.38 bits per heavy atom. The Morgan fingerprint density at radius 2 is 1.77 bits per heavy atom. The normalized spacial score (nSPS) is 13.3. The highest BCUT2D eigenvalue weighted by atomic mass is 16.6. The lowest BCUT2D eigenvalue weighted by atomic mass is 10.1. The van der Waals surface area contributed by atoms with E-state index in [0.29, 0.717) is 0 Å². The van der Waals surface area contributed by atoms with E-state index in [2.05, 4.69) is 26.0 Å². The zero-order valence-electron chi connectivity index (χ0n) is 22.7. The molecule has 0 saturated carbocycles.